The maximum Gasteiger partial charge on any atom is 0.335 e. The van der Waals surface area contributed by atoms with Crippen molar-refractivity contribution in [3.8, 4) is 0 Å². The predicted octanol–water partition coefficient (Wildman–Crippen LogP) is 2.13. The Bertz CT molecular complexity index is 765. The number of nitrogens with one attached hydrogen (secondary N) is 1. The molecule has 2 rings (SSSR count). The average molecular weight is 317 g/mol. The molecule has 1 aromatic heterocycles. The smallest absolute Gasteiger partial charge is 0.335 e. The first-order valence-electron chi connectivity index (χ1n) is 7.01. The van der Waals surface area contributed by atoms with E-state index in [0.717, 1.165) is 5.69 Å². The summed E-state index contributed by atoms with van der Waals surface area (Å²) in [4.78, 5) is 23.7. The number of aromatic nitrogens is 2. The standard InChI is InChI=1S/C16H19N3O4/c1-9-14(10(2)19(3)18-9)15(20)17-13-6-11(8-23-4)5-12(7-13)16(21)22/h5-7H,8H2,1-4H3,(H,17,20)(H,21,22). The lowest BCUT2D eigenvalue weighted by molar-refractivity contribution is 0.0696. The highest BCUT2D eigenvalue weighted by Gasteiger charge is 2.18. The number of hydrogen-bond donors (Lipinski definition) is 2. The molecule has 1 heterocycles. The molecule has 1 amide bonds. The maximum absolute atomic E-state index is 12.5. The first kappa shape index (κ1) is 16.7. The quantitative estimate of drug-likeness (QED) is 0.881. The lowest BCUT2D eigenvalue weighted by Crippen LogP contribution is -2.15. The van der Waals surface area contributed by atoms with Crippen LogP contribution in [-0.2, 0) is 18.4 Å². The Kier molecular flexibility index (Phi) is 4.80. The van der Waals surface area contributed by atoms with Gasteiger partial charge in [0.25, 0.3) is 5.91 Å². The summed E-state index contributed by atoms with van der Waals surface area (Å²) in [6, 6.07) is 4.62. The van der Waals surface area contributed by atoms with Crippen molar-refractivity contribution in [3.63, 3.8) is 0 Å². The molecule has 0 aliphatic rings. The number of carboxylic acids is 1. The van der Waals surface area contributed by atoms with E-state index >= 15 is 0 Å². The van der Waals surface area contributed by atoms with Crippen molar-refractivity contribution < 1.29 is 19.4 Å². The molecular weight excluding hydrogens is 298 g/mol. The van der Waals surface area contributed by atoms with Gasteiger partial charge in [-0.3, -0.25) is 9.48 Å². The molecule has 0 radical (unpaired) electrons. The molecule has 0 fully saturated rings. The number of benzene rings is 1. The maximum atomic E-state index is 12.5. The molecule has 0 bridgehead atoms. The SMILES string of the molecule is COCc1cc(NC(=O)c2c(C)nn(C)c2C)cc(C(=O)O)c1. The summed E-state index contributed by atoms with van der Waals surface area (Å²) in [6.45, 7) is 3.82. The number of carbonyl (C=O) groups excluding carboxylic acids is 1. The molecule has 2 aromatic rings. The van der Waals surface area contributed by atoms with Gasteiger partial charge in [0.15, 0.2) is 0 Å². The van der Waals surface area contributed by atoms with Crippen LogP contribution in [-0.4, -0.2) is 33.9 Å². The highest BCUT2D eigenvalue weighted by molar-refractivity contribution is 6.06. The van der Waals surface area contributed by atoms with E-state index in [2.05, 4.69) is 10.4 Å². The van der Waals surface area contributed by atoms with Crippen LogP contribution in [0, 0.1) is 13.8 Å². The predicted molar refractivity (Wildman–Crippen MR) is 84.7 cm³/mol. The number of nitrogens with zero attached hydrogens (tertiary/aromatic N) is 2. The molecular formula is C16H19N3O4. The van der Waals surface area contributed by atoms with Crippen LogP contribution >= 0.6 is 0 Å². The van der Waals surface area contributed by atoms with Gasteiger partial charge in [-0.1, -0.05) is 0 Å². The third-order valence-corrected chi connectivity index (χ3v) is 3.54. The largest absolute Gasteiger partial charge is 0.478 e. The van der Waals surface area contributed by atoms with Crippen molar-refractivity contribution in [2.75, 3.05) is 12.4 Å². The van der Waals surface area contributed by atoms with Crippen molar-refractivity contribution in [1.29, 1.82) is 0 Å². The van der Waals surface area contributed by atoms with Gasteiger partial charge < -0.3 is 15.2 Å². The van der Waals surface area contributed by atoms with Gasteiger partial charge in [-0.15, -0.1) is 0 Å². The van der Waals surface area contributed by atoms with Crippen molar-refractivity contribution in [1.82, 2.24) is 9.78 Å². The normalized spacial score (nSPS) is 10.6. The van der Waals surface area contributed by atoms with Crippen molar-refractivity contribution >= 4 is 17.6 Å². The number of carbonyl (C=O) groups is 2. The number of anilines is 1. The number of carboxylic acid groups (broad SMARTS) is 1. The Morgan fingerprint density at radius 1 is 1.30 bits per heavy atom. The lowest BCUT2D eigenvalue weighted by Gasteiger charge is -2.09. The highest BCUT2D eigenvalue weighted by atomic mass is 16.5. The fourth-order valence-electron chi connectivity index (χ4n) is 2.43. The Morgan fingerprint density at radius 3 is 2.52 bits per heavy atom. The van der Waals surface area contributed by atoms with Gasteiger partial charge in [0.2, 0.25) is 0 Å². The van der Waals surface area contributed by atoms with E-state index in [4.69, 9.17) is 4.74 Å². The van der Waals surface area contributed by atoms with Crippen LogP contribution in [0.3, 0.4) is 0 Å². The fraction of sp³-hybridized carbons (Fsp3) is 0.312. The Labute approximate surface area is 133 Å². The molecule has 0 atom stereocenters. The van der Waals surface area contributed by atoms with E-state index in [1.54, 1.807) is 31.6 Å². The summed E-state index contributed by atoms with van der Waals surface area (Å²) < 4.78 is 6.66. The number of amides is 1. The molecule has 7 nitrogen and oxygen atoms in total. The van der Waals surface area contributed by atoms with Gasteiger partial charge in [0.1, 0.15) is 0 Å². The number of methoxy groups -OCH3 is 1. The van der Waals surface area contributed by atoms with Crippen LogP contribution in [0.5, 0.6) is 0 Å². The van der Waals surface area contributed by atoms with Crippen LogP contribution in [0.25, 0.3) is 0 Å². The molecule has 0 aliphatic carbocycles. The summed E-state index contributed by atoms with van der Waals surface area (Å²) in [5.41, 5.74) is 3.02. The molecule has 0 unspecified atom stereocenters. The second-order valence-corrected chi connectivity index (χ2v) is 5.28. The number of ether oxygens (including phenoxy) is 1. The van der Waals surface area contributed by atoms with Crippen LogP contribution in [0.15, 0.2) is 18.2 Å². The number of aryl methyl sites for hydroxylation is 2. The van der Waals surface area contributed by atoms with Crippen molar-refractivity contribution in [3.05, 3.63) is 46.3 Å². The van der Waals surface area contributed by atoms with Gasteiger partial charge in [0, 0.05) is 25.5 Å². The minimum Gasteiger partial charge on any atom is -0.478 e. The molecule has 0 spiro atoms. The Balaban J connectivity index is 2.35. The van der Waals surface area contributed by atoms with E-state index in [-0.39, 0.29) is 18.1 Å². The Morgan fingerprint density at radius 2 is 2.00 bits per heavy atom. The van der Waals surface area contributed by atoms with Crippen LogP contribution in [0.2, 0.25) is 0 Å². The second-order valence-electron chi connectivity index (χ2n) is 5.28. The second kappa shape index (κ2) is 6.62. The minimum absolute atomic E-state index is 0.0921. The van der Waals surface area contributed by atoms with Crippen molar-refractivity contribution in [2.45, 2.75) is 20.5 Å². The molecule has 122 valence electrons. The first-order chi connectivity index (χ1) is 10.8. The zero-order valence-electron chi connectivity index (χ0n) is 13.5. The molecule has 0 saturated heterocycles. The molecule has 0 saturated carbocycles. The lowest BCUT2D eigenvalue weighted by atomic mass is 10.1. The minimum atomic E-state index is -1.06. The summed E-state index contributed by atoms with van der Waals surface area (Å²) in [7, 11) is 3.29. The third kappa shape index (κ3) is 3.57. The first-order valence-corrected chi connectivity index (χ1v) is 7.01. The summed E-state index contributed by atoms with van der Waals surface area (Å²) in [5, 5.41) is 16.1. The molecule has 2 N–H and O–H groups in total. The summed E-state index contributed by atoms with van der Waals surface area (Å²) in [6.07, 6.45) is 0. The van der Waals surface area contributed by atoms with E-state index in [9.17, 15) is 14.7 Å². The highest BCUT2D eigenvalue weighted by Crippen LogP contribution is 2.19. The van der Waals surface area contributed by atoms with Crippen LogP contribution < -0.4 is 5.32 Å². The van der Waals surface area contributed by atoms with E-state index in [1.165, 1.54) is 19.2 Å². The van der Waals surface area contributed by atoms with Gasteiger partial charge in [-0.05, 0) is 37.6 Å². The topological polar surface area (TPSA) is 93.5 Å². The Hall–Kier alpha value is -2.67. The van der Waals surface area contributed by atoms with Crippen molar-refractivity contribution in [2.24, 2.45) is 7.05 Å². The molecule has 23 heavy (non-hydrogen) atoms. The zero-order valence-corrected chi connectivity index (χ0v) is 13.5. The van der Waals surface area contributed by atoms with Crippen LogP contribution in [0.4, 0.5) is 5.69 Å². The molecule has 7 heteroatoms. The fourth-order valence-corrected chi connectivity index (χ4v) is 2.43. The van der Waals surface area contributed by atoms with Gasteiger partial charge >= 0.3 is 5.97 Å². The van der Waals surface area contributed by atoms with E-state index < -0.39 is 5.97 Å². The monoisotopic (exact) mass is 317 g/mol. The van der Waals surface area contributed by atoms with E-state index in [1.807, 2.05) is 0 Å². The van der Waals surface area contributed by atoms with Crippen LogP contribution in [0.1, 0.15) is 37.7 Å². The number of aromatic carboxylic acids is 1. The van der Waals surface area contributed by atoms with Gasteiger partial charge in [0.05, 0.1) is 23.4 Å². The molecule has 1 aromatic carbocycles. The molecule has 0 aliphatic heterocycles. The summed E-state index contributed by atoms with van der Waals surface area (Å²) >= 11 is 0. The van der Waals surface area contributed by atoms with Gasteiger partial charge in [-0.2, -0.15) is 5.10 Å². The number of rotatable bonds is 5. The zero-order chi connectivity index (χ0) is 17.1. The average Bonchev–Trinajstić information content (AvgIpc) is 2.72. The summed E-state index contributed by atoms with van der Waals surface area (Å²) in [5.74, 6) is -1.38. The van der Waals surface area contributed by atoms with Gasteiger partial charge in [-0.25, -0.2) is 4.79 Å². The van der Waals surface area contributed by atoms with E-state index in [0.29, 0.717) is 22.5 Å². The third-order valence-electron chi connectivity index (χ3n) is 3.54. The number of hydrogen-bond acceptors (Lipinski definition) is 4.